The topological polar surface area (TPSA) is 55.6 Å². The molecule has 0 unspecified atom stereocenters. The predicted octanol–water partition coefficient (Wildman–Crippen LogP) is 2.45. The molecule has 5 heteroatoms. The molecule has 0 atom stereocenters. The highest BCUT2D eigenvalue weighted by Crippen LogP contribution is 2.19. The lowest BCUT2D eigenvalue weighted by atomic mass is 9.92. The number of halogens is 1. The van der Waals surface area contributed by atoms with Crippen molar-refractivity contribution >= 4 is 18.3 Å². The number of carbonyl (C=O) groups excluding carboxylic acids is 1. The summed E-state index contributed by atoms with van der Waals surface area (Å²) in [5, 5.41) is 0. The van der Waals surface area contributed by atoms with Crippen LogP contribution in [-0.4, -0.2) is 31.0 Å². The number of nitrogens with two attached hydrogens (primary N) is 1. The number of amides is 1. The Balaban J connectivity index is 0.00000361. The molecular weight excluding hydrogens is 276 g/mol. The average molecular weight is 301 g/mol. The summed E-state index contributed by atoms with van der Waals surface area (Å²) in [6.07, 6.45) is 0. The molecule has 0 heterocycles. The van der Waals surface area contributed by atoms with Gasteiger partial charge in [-0.2, -0.15) is 0 Å². The molecule has 0 saturated carbocycles. The van der Waals surface area contributed by atoms with E-state index in [0.717, 1.165) is 11.3 Å². The number of benzene rings is 1. The molecule has 1 aromatic carbocycles. The zero-order valence-corrected chi connectivity index (χ0v) is 13.5. The van der Waals surface area contributed by atoms with Crippen LogP contribution in [0.2, 0.25) is 0 Å². The van der Waals surface area contributed by atoms with E-state index in [-0.39, 0.29) is 18.3 Å². The summed E-state index contributed by atoms with van der Waals surface area (Å²) in [6, 6.07) is 7.80. The van der Waals surface area contributed by atoms with Gasteiger partial charge in [-0.05, 0) is 38.5 Å². The third kappa shape index (κ3) is 5.02. The molecule has 4 nitrogen and oxygen atoms in total. The van der Waals surface area contributed by atoms with Crippen molar-refractivity contribution < 1.29 is 9.53 Å². The first-order valence-corrected chi connectivity index (χ1v) is 6.58. The molecule has 0 aliphatic carbocycles. The van der Waals surface area contributed by atoms with E-state index < -0.39 is 5.41 Å². The standard InChI is InChI=1S/C15H24N2O2.ClH/c1-5-19-13-8-6-12(7-9-13)10-17(4)14(18)15(2,3)11-16;/h6-9H,5,10-11,16H2,1-4H3;1H. The summed E-state index contributed by atoms with van der Waals surface area (Å²) >= 11 is 0. The Morgan fingerprint density at radius 1 is 1.30 bits per heavy atom. The molecule has 0 fully saturated rings. The summed E-state index contributed by atoms with van der Waals surface area (Å²) in [5.41, 5.74) is 6.19. The van der Waals surface area contributed by atoms with E-state index in [9.17, 15) is 4.79 Å². The number of nitrogens with zero attached hydrogens (tertiary/aromatic N) is 1. The van der Waals surface area contributed by atoms with Crippen LogP contribution in [0.3, 0.4) is 0 Å². The molecule has 0 aliphatic rings. The SMILES string of the molecule is CCOc1ccc(CN(C)C(=O)C(C)(C)CN)cc1.Cl. The van der Waals surface area contributed by atoms with Crippen LogP contribution in [0.15, 0.2) is 24.3 Å². The van der Waals surface area contributed by atoms with E-state index >= 15 is 0 Å². The van der Waals surface area contributed by atoms with Gasteiger partial charge in [0, 0.05) is 20.1 Å². The largest absolute Gasteiger partial charge is 0.494 e. The molecule has 0 radical (unpaired) electrons. The van der Waals surface area contributed by atoms with Gasteiger partial charge in [-0.25, -0.2) is 0 Å². The van der Waals surface area contributed by atoms with Crippen molar-refractivity contribution in [1.29, 1.82) is 0 Å². The van der Waals surface area contributed by atoms with Crippen molar-refractivity contribution in [3.05, 3.63) is 29.8 Å². The molecule has 0 saturated heterocycles. The van der Waals surface area contributed by atoms with Crippen LogP contribution in [0.4, 0.5) is 0 Å². The fourth-order valence-electron chi connectivity index (χ4n) is 1.81. The number of ether oxygens (including phenoxy) is 1. The number of hydrogen-bond acceptors (Lipinski definition) is 3. The monoisotopic (exact) mass is 300 g/mol. The van der Waals surface area contributed by atoms with Crippen LogP contribution in [0.1, 0.15) is 26.3 Å². The van der Waals surface area contributed by atoms with Crippen LogP contribution in [0.5, 0.6) is 5.75 Å². The molecule has 1 amide bonds. The summed E-state index contributed by atoms with van der Waals surface area (Å²) in [4.78, 5) is 13.9. The molecule has 0 bridgehead atoms. The van der Waals surface area contributed by atoms with E-state index in [1.54, 1.807) is 11.9 Å². The first kappa shape index (κ1) is 18.7. The minimum atomic E-state index is -0.514. The van der Waals surface area contributed by atoms with Gasteiger partial charge in [0.15, 0.2) is 0 Å². The van der Waals surface area contributed by atoms with Crippen molar-refractivity contribution in [2.24, 2.45) is 11.1 Å². The van der Waals surface area contributed by atoms with E-state index in [1.807, 2.05) is 45.0 Å². The Morgan fingerprint density at radius 2 is 1.85 bits per heavy atom. The maximum atomic E-state index is 12.2. The maximum absolute atomic E-state index is 12.2. The Bertz CT molecular complexity index is 418. The number of rotatable bonds is 6. The minimum absolute atomic E-state index is 0. The molecule has 0 spiro atoms. The second-order valence-corrected chi connectivity index (χ2v) is 5.33. The number of hydrogen-bond donors (Lipinski definition) is 1. The molecule has 0 aromatic heterocycles. The van der Waals surface area contributed by atoms with Gasteiger partial charge in [0.25, 0.3) is 0 Å². The summed E-state index contributed by atoms with van der Waals surface area (Å²) in [7, 11) is 1.80. The quantitative estimate of drug-likeness (QED) is 0.878. The van der Waals surface area contributed by atoms with Gasteiger partial charge in [0.05, 0.1) is 12.0 Å². The number of carbonyl (C=O) groups is 1. The summed E-state index contributed by atoms with van der Waals surface area (Å²) in [6.45, 7) is 7.26. The first-order chi connectivity index (χ1) is 8.90. The Hall–Kier alpha value is -1.26. The highest BCUT2D eigenvalue weighted by molar-refractivity contribution is 5.85. The van der Waals surface area contributed by atoms with Crippen molar-refractivity contribution in [2.45, 2.75) is 27.3 Å². The molecular formula is C15H25ClN2O2. The second kappa shape index (κ2) is 8.12. The molecule has 20 heavy (non-hydrogen) atoms. The van der Waals surface area contributed by atoms with Gasteiger partial charge >= 0.3 is 0 Å². The molecule has 1 rings (SSSR count). The van der Waals surface area contributed by atoms with Gasteiger partial charge in [-0.15, -0.1) is 12.4 Å². The van der Waals surface area contributed by atoms with Gasteiger partial charge in [-0.1, -0.05) is 12.1 Å². The van der Waals surface area contributed by atoms with Crippen LogP contribution in [0.25, 0.3) is 0 Å². The first-order valence-electron chi connectivity index (χ1n) is 6.58. The van der Waals surface area contributed by atoms with Gasteiger partial charge in [-0.3, -0.25) is 4.79 Å². The van der Waals surface area contributed by atoms with Crippen LogP contribution >= 0.6 is 12.4 Å². The van der Waals surface area contributed by atoms with E-state index in [1.165, 1.54) is 0 Å². The molecule has 114 valence electrons. The van der Waals surface area contributed by atoms with Gasteiger partial charge < -0.3 is 15.4 Å². The summed E-state index contributed by atoms with van der Waals surface area (Å²) < 4.78 is 5.39. The smallest absolute Gasteiger partial charge is 0.229 e. The zero-order chi connectivity index (χ0) is 14.5. The Morgan fingerprint density at radius 3 is 2.30 bits per heavy atom. The van der Waals surface area contributed by atoms with Crippen molar-refractivity contribution in [3.63, 3.8) is 0 Å². The molecule has 1 aromatic rings. The van der Waals surface area contributed by atoms with E-state index in [0.29, 0.717) is 19.7 Å². The van der Waals surface area contributed by atoms with Crippen molar-refractivity contribution in [1.82, 2.24) is 4.90 Å². The minimum Gasteiger partial charge on any atom is -0.494 e. The normalized spacial score (nSPS) is 10.7. The van der Waals surface area contributed by atoms with Gasteiger partial charge in [0.2, 0.25) is 5.91 Å². The lowest BCUT2D eigenvalue weighted by Crippen LogP contribution is -2.42. The Labute approximate surface area is 127 Å². The third-order valence-corrected chi connectivity index (χ3v) is 3.09. The zero-order valence-electron chi connectivity index (χ0n) is 12.7. The van der Waals surface area contributed by atoms with Crippen molar-refractivity contribution in [2.75, 3.05) is 20.2 Å². The lowest BCUT2D eigenvalue weighted by Gasteiger charge is -2.28. The fourth-order valence-corrected chi connectivity index (χ4v) is 1.81. The predicted molar refractivity (Wildman–Crippen MR) is 84.2 cm³/mol. The highest BCUT2D eigenvalue weighted by atomic mass is 35.5. The average Bonchev–Trinajstić information content (AvgIpc) is 2.40. The molecule has 2 N–H and O–H groups in total. The molecule has 0 aliphatic heterocycles. The van der Waals surface area contributed by atoms with E-state index in [2.05, 4.69) is 0 Å². The highest BCUT2D eigenvalue weighted by Gasteiger charge is 2.28. The van der Waals surface area contributed by atoms with Crippen LogP contribution in [-0.2, 0) is 11.3 Å². The third-order valence-electron chi connectivity index (χ3n) is 3.09. The van der Waals surface area contributed by atoms with Gasteiger partial charge in [0.1, 0.15) is 5.75 Å². The fraction of sp³-hybridized carbons (Fsp3) is 0.533. The lowest BCUT2D eigenvalue weighted by molar-refractivity contribution is -0.139. The Kier molecular flexibility index (Phi) is 7.61. The van der Waals surface area contributed by atoms with E-state index in [4.69, 9.17) is 10.5 Å². The second-order valence-electron chi connectivity index (χ2n) is 5.33. The van der Waals surface area contributed by atoms with Crippen LogP contribution < -0.4 is 10.5 Å². The van der Waals surface area contributed by atoms with Crippen molar-refractivity contribution in [3.8, 4) is 5.75 Å². The maximum Gasteiger partial charge on any atom is 0.229 e. The van der Waals surface area contributed by atoms with Crippen LogP contribution in [0, 0.1) is 5.41 Å². The summed E-state index contributed by atoms with van der Waals surface area (Å²) in [5.74, 6) is 0.909.